The Labute approximate surface area is 162 Å². The standard InChI is InChI=1S/C16H19Cl2N3OS.ClH/c1-16(2,8-10-3-4-11(17)7-12(10)18)21-15(22)13-9-23-14(20-13)5-6-19;/h3-4,7,9H,5-6,8,19H2,1-2H3,(H,21,22);1H. The molecule has 0 saturated heterocycles. The molecule has 132 valence electrons. The van der Waals surface area contributed by atoms with Gasteiger partial charge in [-0.25, -0.2) is 4.98 Å². The Morgan fingerprint density at radius 1 is 1.38 bits per heavy atom. The molecule has 2 aromatic rings. The zero-order valence-corrected chi connectivity index (χ0v) is 16.6. The van der Waals surface area contributed by atoms with Crippen LogP contribution in [0.3, 0.4) is 0 Å². The van der Waals surface area contributed by atoms with E-state index >= 15 is 0 Å². The summed E-state index contributed by atoms with van der Waals surface area (Å²) < 4.78 is 0. The first-order chi connectivity index (χ1) is 10.8. The second-order valence-electron chi connectivity index (χ2n) is 5.92. The van der Waals surface area contributed by atoms with Crippen molar-refractivity contribution >= 4 is 52.9 Å². The third-order valence-corrected chi connectivity index (χ3v) is 4.74. The first kappa shape index (κ1) is 21.2. The third-order valence-electron chi connectivity index (χ3n) is 3.24. The number of nitrogens with two attached hydrogens (primary N) is 1. The second-order valence-corrected chi connectivity index (χ2v) is 7.70. The van der Waals surface area contributed by atoms with Crippen LogP contribution in [-0.2, 0) is 12.8 Å². The van der Waals surface area contributed by atoms with Crippen molar-refractivity contribution in [2.75, 3.05) is 6.54 Å². The molecule has 1 heterocycles. The maximum absolute atomic E-state index is 12.4. The lowest BCUT2D eigenvalue weighted by atomic mass is 9.94. The number of nitrogens with zero attached hydrogens (tertiary/aromatic N) is 1. The van der Waals surface area contributed by atoms with Gasteiger partial charge in [0.2, 0.25) is 0 Å². The first-order valence-electron chi connectivity index (χ1n) is 7.21. The summed E-state index contributed by atoms with van der Waals surface area (Å²) in [6.07, 6.45) is 1.27. The lowest BCUT2D eigenvalue weighted by Crippen LogP contribution is -2.45. The summed E-state index contributed by atoms with van der Waals surface area (Å²) >= 11 is 13.6. The quantitative estimate of drug-likeness (QED) is 0.755. The summed E-state index contributed by atoms with van der Waals surface area (Å²) in [5.41, 5.74) is 6.40. The number of hydrogen-bond acceptors (Lipinski definition) is 4. The van der Waals surface area contributed by atoms with E-state index in [2.05, 4.69) is 10.3 Å². The van der Waals surface area contributed by atoms with Crippen molar-refractivity contribution in [1.29, 1.82) is 0 Å². The largest absolute Gasteiger partial charge is 0.345 e. The van der Waals surface area contributed by atoms with Crippen LogP contribution in [-0.4, -0.2) is 23.0 Å². The van der Waals surface area contributed by atoms with E-state index in [0.717, 1.165) is 10.6 Å². The Kier molecular flexibility index (Phi) is 7.96. The Morgan fingerprint density at radius 2 is 2.08 bits per heavy atom. The Balaban J connectivity index is 0.00000288. The summed E-state index contributed by atoms with van der Waals surface area (Å²) in [6, 6.07) is 5.37. The van der Waals surface area contributed by atoms with Crippen LogP contribution in [0.25, 0.3) is 0 Å². The predicted molar refractivity (Wildman–Crippen MR) is 104 cm³/mol. The van der Waals surface area contributed by atoms with Crippen molar-refractivity contribution in [2.45, 2.75) is 32.2 Å². The minimum Gasteiger partial charge on any atom is -0.345 e. The summed E-state index contributed by atoms with van der Waals surface area (Å²) in [5, 5.41) is 6.82. The van der Waals surface area contributed by atoms with E-state index in [-0.39, 0.29) is 18.3 Å². The lowest BCUT2D eigenvalue weighted by molar-refractivity contribution is 0.0908. The minimum atomic E-state index is -0.466. The number of thiazole rings is 1. The summed E-state index contributed by atoms with van der Waals surface area (Å²) in [6.45, 7) is 4.42. The summed E-state index contributed by atoms with van der Waals surface area (Å²) in [7, 11) is 0. The molecule has 0 radical (unpaired) electrons. The van der Waals surface area contributed by atoms with Crippen LogP contribution in [0.5, 0.6) is 0 Å². The van der Waals surface area contributed by atoms with E-state index in [1.807, 2.05) is 19.9 Å². The highest BCUT2D eigenvalue weighted by Gasteiger charge is 2.24. The number of carbonyl (C=O) groups is 1. The maximum atomic E-state index is 12.4. The molecular formula is C16H20Cl3N3OS. The Morgan fingerprint density at radius 3 is 2.71 bits per heavy atom. The molecule has 1 aromatic heterocycles. The van der Waals surface area contributed by atoms with Gasteiger partial charge in [-0.15, -0.1) is 23.7 Å². The average Bonchev–Trinajstić information content (AvgIpc) is 2.91. The van der Waals surface area contributed by atoms with Gasteiger partial charge < -0.3 is 11.1 Å². The predicted octanol–water partition coefficient (Wildman–Crippen LogP) is 4.12. The van der Waals surface area contributed by atoms with Gasteiger partial charge in [0.15, 0.2) is 0 Å². The van der Waals surface area contributed by atoms with E-state index in [1.54, 1.807) is 17.5 Å². The molecule has 4 nitrogen and oxygen atoms in total. The maximum Gasteiger partial charge on any atom is 0.271 e. The molecule has 0 aliphatic rings. The van der Waals surface area contributed by atoms with Gasteiger partial charge in [-0.3, -0.25) is 4.79 Å². The van der Waals surface area contributed by atoms with Crippen LogP contribution in [0.4, 0.5) is 0 Å². The zero-order valence-electron chi connectivity index (χ0n) is 13.4. The molecule has 3 N–H and O–H groups in total. The van der Waals surface area contributed by atoms with Crippen LogP contribution >= 0.6 is 46.9 Å². The number of benzene rings is 1. The van der Waals surface area contributed by atoms with E-state index < -0.39 is 5.54 Å². The number of amides is 1. The minimum absolute atomic E-state index is 0. The van der Waals surface area contributed by atoms with Crippen molar-refractivity contribution in [2.24, 2.45) is 5.73 Å². The van der Waals surface area contributed by atoms with Crippen molar-refractivity contribution in [3.05, 3.63) is 49.9 Å². The molecule has 0 fully saturated rings. The van der Waals surface area contributed by atoms with Gasteiger partial charge in [-0.2, -0.15) is 0 Å². The highest BCUT2D eigenvalue weighted by atomic mass is 35.5. The molecule has 0 unspecified atom stereocenters. The van der Waals surface area contributed by atoms with Gasteiger partial charge in [-0.1, -0.05) is 29.3 Å². The van der Waals surface area contributed by atoms with Crippen LogP contribution in [0, 0.1) is 0 Å². The highest BCUT2D eigenvalue weighted by molar-refractivity contribution is 7.09. The fourth-order valence-electron chi connectivity index (χ4n) is 2.21. The molecule has 1 aromatic carbocycles. The van der Waals surface area contributed by atoms with Crippen LogP contribution in [0.15, 0.2) is 23.6 Å². The summed E-state index contributed by atoms with van der Waals surface area (Å²) in [5.74, 6) is -0.195. The topological polar surface area (TPSA) is 68.0 Å². The molecule has 8 heteroatoms. The van der Waals surface area contributed by atoms with Crippen molar-refractivity contribution in [3.8, 4) is 0 Å². The van der Waals surface area contributed by atoms with Crippen LogP contribution in [0.1, 0.15) is 34.9 Å². The fourth-order valence-corrected chi connectivity index (χ4v) is 3.48. The third kappa shape index (κ3) is 5.90. The number of aromatic nitrogens is 1. The Bertz CT molecular complexity index is 704. The molecule has 0 spiro atoms. The van der Waals surface area contributed by atoms with Gasteiger partial charge >= 0.3 is 0 Å². The second kappa shape index (κ2) is 9.02. The zero-order chi connectivity index (χ0) is 17.0. The average molecular weight is 409 g/mol. The number of carbonyl (C=O) groups excluding carboxylic acids is 1. The van der Waals surface area contributed by atoms with Gasteiger partial charge in [0.05, 0.1) is 5.01 Å². The molecule has 1 amide bonds. The number of rotatable bonds is 6. The monoisotopic (exact) mass is 407 g/mol. The van der Waals surface area contributed by atoms with Gasteiger partial charge in [0, 0.05) is 27.4 Å². The molecular weight excluding hydrogens is 389 g/mol. The van der Waals surface area contributed by atoms with Gasteiger partial charge in [0.25, 0.3) is 5.91 Å². The molecule has 0 bridgehead atoms. The lowest BCUT2D eigenvalue weighted by Gasteiger charge is -2.26. The number of halogens is 3. The van der Waals surface area contributed by atoms with E-state index in [9.17, 15) is 4.79 Å². The smallest absolute Gasteiger partial charge is 0.271 e. The number of hydrogen-bond donors (Lipinski definition) is 2. The van der Waals surface area contributed by atoms with E-state index in [1.165, 1.54) is 11.3 Å². The molecule has 0 aliphatic carbocycles. The van der Waals surface area contributed by atoms with Crippen molar-refractivity contribution < 1.29 is 4.79 Å². The van der Waals surface area contributed by atoms with Crippen LogP contribution < -0.4 is 11.1 Å². The molecule has 0 atom stereocenters. The van der Waals surface area contributed by atoms with Gasteiger partial charge in [-0.05, 0) is 44.5 Å². The van der Waals surface area contributed by atoms with Crippen LogP contribution in [0.2, 0.25) is 10.0 Å². The number of nitrogens with one attached hydrogen (secondary N) is 1. The summed E-state index contributed by atoms with van der Waals surface area (Å²) in [4.78, 5) is 16.7. The highest BCUT2D eigenvalue weighted by Crippen LogP contribution is 2.25. The molecule has 0 aliphatic heterocycles. The Hall–Kier alpha value is -0.850. The van der Waals surface area contributed by atoms with Crippen molar-refractivity contribution in [3.63, 3.8) is 0 Å². The molecule has 0 saturated carbocycles. The fraction of sp³-hybridized carbons (Fsp3) is 0.375. The normalized spacial score (nSPS) is 11.0. The SMILES string of the molecule is CC(C)(Cc1ccc(Cl)cc1Cl)NC(=O)c1csc(CCN)n1.Cl. The first-order valence-corrected chi connectivity index (χ1v) is 8.85. The van der Waals surface area contributed by atoms with E-state index in [4.69, 9.17) is 28.9 Å². The van der Waals surface area contributed by atoms with Crippen molar-refractivity contribution in [1.82, 2.24) is 10.3 Å². The van der Waals surface area contributed by atoms with Gasteiger partial charge in [0.1, 0.15) is 5.69 Å². The molecule has 2 rings (SSSR count). The van der Waals surface area contributed by atoms with E-state index in [0.29, 0.717) is 35.1 Å². The molecule has 24 heavy (non-hydrogen) atoms.